The van der Waals surface area contributed by atoms with Gasteiger partial charge in [-0.1, -0.05) is 19.8 Å². The molecular formula is C13H22N4O3. The lowest BCUT2D eigenvalue weighted by Gasteiger charge is -2.11. The zero-order valence-electron chi connectivity index (χ0n) is 12.1. The quantitative estimate of drug-likeness (QED) is 0.471. The van der Waals surface area contributed by atoms with Crippen LogP contribution in [0.4, 0.5) is 11.5 Å². The zero-order chi connectivity index (χ0) is 14.5. The molecular weight excluding hydrogens is 260 g/mol. The van der Waals surface area contributed by atoms with Crippen LogP contribution in [0.25, 0.3) is 0 Å². The molecule has 7 nitrogen and oxygen atoms in total. The van der Waals surface area contributed by atoms with Crippen LogP contribution < -0.4 is 5.32 Å². The summed E-state index contributed by atoms with van der Waals surface area (Å²) in [4.78, 5) is 10.8. The first-order chi connectivity index (χ1) is 9.63. The monoisotopic (exact) mass is 282 g/mol. The molecule has 0 saturated heterocycles. The van der Waals surface area contributed by atoms with Crippen LogP contribution >= 0.6 is 0 Å². The Balaban J connectivity index is 1.91. The highest BCUT2D eigenvalue weighted by molar-refractivity contribution is 5.59. The van der Waals surface area contributed by atoms with Gasteiger partial charge in [0.05, 0.1) is 17.6 Å². The third-order valence-corrected chi connectivity index (χ3v) is 3.66. The molecule has 1 N–H and O–H groups in total. The Labute approximate surface area is 118 Å². The molecule has 1 aliphatic carbocycles. The van der Waals surface area contributed by atoms with Gasteiger partial charge in [-0.25, -0.2) is 4.68 Å². The summed E-state index contributed by atoms with van der Waals surface area (Å²) < 4.78 is 7.27. The Morgan fingerprint density at radius 3 is 2.80 bits per heavy atom. The predicted octanol–water partition coefficient (Wildman–Crippen LogP) is 2.26. The van der Waals surface area contributed by atoms with E-state index in [0.717, 1.165) is 12.8 Å². The van der Waals surface area contributed by atoms with Gasteiger partial charge in [0.2, 0.25) is 5.82 Å². The van der Waals surface area contributed by atoms with Crippen molar-refractivity contribution in [1.82, 2.24) is 9.78 Å². The summed E-state index contributed by atoms with van der Waals surface area (Å²) in [5.74, 6) is 0.460. The van der Waals surface area contributed by atoms with Crippen molar-refractivity contribution in [3.05, 3.63) is 15.8 Å². The van der Waals surface area contributed by atoms with Crippen LogP contribution in [-0.2, 0) is 18.2 Å². The Kier molecular flexibility index (Phi) is 4.94. The Bertz CT molecular complexity index is 466. The molecule has 20 heavy (non-hydrogen) atoms. The van der Waals surface area contributed by atoms with E-state index in [4.69, 9.17) is 4.74 Å². The fraction of sp³-hybridized carbons (Fsp3) is 0.769. The van der Waals surface area contributed by atoms with Crippen LogP contribution in [-0.4, -0.2) is 34.0 Å². The minimum absolute atomic E-state index is 0.0795. The van der Waals surface area contributed by atoms with Crippen molar-refractivity contribution in [1.29, 1.82) is 0 Å². The first kappa shape index (κ1) is 14.8. The van der Waals surface area contributed by atoms with Crippen molar-refractivity contribution in [3.8, 4) is 0 Å². The molecule has 0 spiro atoms. The minimum Gasteiger partial charge on any atom is -0.376 e. The molecule has 0 amide bonds. The number of rotatable bonds is 7. The molecule has 7 heteroatoms. The summed E-state index contributed by atoms with van der Waals surface area (Å²) in [5, 5.41) is 18.4. The lowest BCUT2D eigenvalue weighted by Crippen LogP contribution is -2.17. The summed E-state index contributed by atoms with van der Waals surface area (Å²) in [6, 6.07) is 0. The van der Waals surface area contributed by atoms with Crippen LogP contribution in [0.2, 0.25) is 0 Å². The SMILES string of the molecule is CCc1nn(C)c(NCCOC2CCCC2)c1[N+](=O)[O-]. The maximum absolute atomic E-state index is 11.1. The highest BCUT2D eigenvalue weighted by Gasteiger charge is 2.25. The highest BCUT2D eigenvalue weighted by atomic mass is 16.6. The number of nitrogens with zero attached hydrogens (tertiary/aromatic N) is 3. The largest absolute Gasteiger partial charge is 0.376 e. The predicted molar refractivity (Wildman–Crippen MR) is 75.9 cm³/mol. The summed E-state index contributed by atoms with van der Waals surface area (Å²) in [5.41, 5.74) is 0.590. The molecule has 0 radical (unpaired) electrons. The molecule has 1 fully saturated rings. The van der Waals surface area contributed by atoms with Crippen LogP contribution in [0.5, 0.6) is 0 Å². The topological polar surface area (TPSA) is 82.2 Å². The first-order valence-electron chi connectivity index (χ1n) is 7.19. The van der Waals surface area contributed by atoms with E-state index in [-0.39, 0.29) is 10.6 Å². The van der Waals surface area contributed by atoms with Crippen molar-refractivity contribution >= 4 is 11.5 Å². The Morgan fingerprint density at radius 1 is 1.50 bits per heavy atom. The summed E-state index contributed by atoms with van der Waals surface area (Å²) in [6.07, 6.45) is 5.66. The van der Waals surface area contributed by atoms with E-state index in [0.29, 0.717) is 37.2 Å². The van der Waals surface area contributed by atoms with Gasteiger partial charge in [-0.3, -0.25) is 10.1 Å². The van der Waals surface area contributed by atoms with Gasteiger partial charge in [-0.15, -0.1) is 0 Å². The van der Waals surface area contributed by atoms with Crippen LogP contribution in [0.15, 0.2) is 0 Å². The van der Waals surface area contributed by atoms with Crippen LogP contribution in [0.1, 0.15) is 38.3 Å². The van der Waals surface area contributed by atoms with Gasteiger partial charge in [0, 0.05) is 13.6 Å². The van der Waals surface area contributed by atoms with Crippen molar-refractivity contribution in [2.24, 2.45) is 7.05 Å². The van der Waals surface area contributed by atoms with E-state index in [2.05, 4.69) is 10.4 Å². The lowest BCUT2D eigenvalue weighted by atomic mass is 10.3. The lowest BCUT2D eigenvalue weighted by molar-refractivity contribution is -0.384. The maximum atomic E-state index is 11.1. The van der Waals surface area contributed by atoms with Gasteiger partial charge in [0.15, 0.2) is 0 Å². The number of nitrogens with one attached hydrogen (secondary N) is 1. The third-order valence-electron chi connectivity index (χ3n) is 3.66. The highest BCUT2D eigenvalue weighted by Crippen LogP contribution is 2.28. The molecule has 1 aliphatic rings. The molecule has 1 heterocycles. The van der Waals surface area contributed by atoms with E-state index in [1.807, 2.05) is 6.92 Å². The number of hydrogen-bond acceptors (Lipinski definition) is 5. The number of nitro groups is 1. The second kappa shape index (κ2) is 6.69. The van der Waals surface area contributed by atoms with E-state index < -0.39 is 0 Å². The number of ether oxygens (including phenoxy) is 1. The molecule has 0 aliphatic heterocycles. The summed E-state index contributed by atoms with van der Waals surface area (Å²) in [7, 11) is 1.71. The maximum Gasteiger partial charge on any atom is 0.333 e. The standard InChI is InChI=1S/C13H22N4O3/c1-3-11-12(17(18)19)13(16(2)15-11)14-8-9-20-10-6-4-5-7-10/h10,14H,3-9H2,1-2H3. The van der Waals surface area contributed by atoms with Gasteiger partial charge in [-0.05, 0) is 19.3 Å². The number of aromatic nitrogens is 2. The fourth-order valence-corrected chi connectivity index (χ4v) is 2.65. The summed E-state index contributed by atoms with van der Waals surface area (Å²) >= 11 is 0. The normalized spacial score (nSPS) is 15.7. The Hall–Kier alpha value is -1.63. The number of hydrogen-bond donors (Lipinski definition) is 1. The van der Waals surface area contributed by atoms with Crippen LogP contribution in [0.3, 0.4) is 0 Å². The van der Waals surface area contributed by atoms with Gasteiger partial charge >= 0.3 is 5.69 Å². The van der Waals surface area contributed by atoms with Crippen molar-refractivity contribution in [2.75, 3.05) is 18.5 Å². The molecule has 2 rings (SSSR count). The molecule has 0 aromatic carbocycles. The zero-order valence-corrected chi connectivity index (χ0v) is 12.1. The van der Waals surface area contributed by atoms with Crippen LogP contribution in [0, 0.1) is 10.1 Å². The molecule has 1 aromatic rings. The number of anilines is 1. The molecule has 0 atom stereocenters. The molecule has 0 unspecified atom stereocenters. The first-order valence-corrected chi connectivity index (χ1v) is 7.19. The van der Waals surface area contributed by atoms with Gasteiger partial charge in [-0.2, -0.15) is 5.10 Å². The van der Waals surface area contributed by atoms with Gasteiger partial charge in [0.1, 0.15) is 5.69 Å². The van der Waals surface area contributed by atoms with Crippen molar-refractivity contribution in [3.63, 3.8) is 0 Å². The second-order valence-corrected chi connectivity index (χ2v) is 5.08. The van der Waals surface area contributed by atoms with Gasteiger partial charge < -0.3 is 10.1 Å². The average Bonchev–Trinajstić information content (AvgIpc) is 3.02. The van der Waals surface area contributed by atoms with E-state index in [1.165, 1.54) is 17.5 Å². The molecule has 1 saturated carbocycles. The Morgan fingerprint density at radius 2 is 2.20 bits per heavy atom. The second-order valence-electron chi connectivity index (χ2n) is 5.08. The molecule has 0 bridgehead atoms. The number of aryl methyl sites for hydroxylation is 2. The van der Waals surface area contributed by atoms with E-state index in [9.17, 15) is 10.1 Å². The minimum atomic E-state index is -0.369. The molecule has 1 aromatic heterocycles. The van der Waals surface area contributed by atoms with Gasteiger partial charge in [0.25, 0.3) is 0 Å². The van der Waals surface area contributed by atoms with Crippen molar-refractivity contribution in [2.45, 2.75) is 45.1 Å². The van der Waals surface area contributed by atoms with E-state index >= 15 is 0 Å². The fourth-order valence-electron chi connectivity index (χ4n) is 2.65. The average molecular weight is 282 g/mol. The summed E-state index contributed by atoms with van der Waals surface area (Å²) in [6.45, 7) is 2.98. The third kappa shape index (κ3) is 3.27. The smallest absolute Gasteiger partial charge is 0.333 e. The van der Waals surface area contributed by atoms with E-state index in [1.54, 1.807) is 7.05 Å². The van der Waals surface area contributed by atoms with Crippen molar-refractivity contribution < 1.29 is 9.66 Å². The molecule has 112 valence electrons.